The van der Waals surface area contributed by atoms with Gasteiger partial charge >= 0.3 is 5.97 Å². The number of hydrogen-bond acceptors (Lipinski definition) is 5. The van der Waals surface area contributed by atoms with Crippen LogP contribution in [0, 0.1) is 13.8 Å². The van der Waals surface area contributed by atoms with Gasteiger partial charge in [-0.2, -0.15) is 4.31 Å². The Morgan fingerprint density at radius 2 is 1.59 bits per heavy atom. The van der Waals surface area contributed by atoms with Crippen LogP contribution in [-0.4, -0.2) is 43.8 Å². The highest BCUT2D eigenvalue weighted by Crippen LogP contribution is 2.20. The topological polar surface area (TPSA) is 92.8 Å². The highest BCUT2D eigenvalue weighted by molar-refractivity contribution is 7.89. The van der Waals surface area contributed by atoms with Crippen LogP contribution in [0.1, 0.15) is 37.5 Å². The second-order valence-electron chi connectivity index (χ2n) is 7.33. The third kappa shape index (κ3) is 6.27. The molecule has 0 aliphatic carbocycles. The Balaban J connectivity index is 1.99. The van der Waals surface area contributed by atoms with E-state index in [1.807, 2.05) is 32.0 Å². The molecular weight excluding hydrogens is 428 g/mol. The molecule has 2 aromatic carbocycles. The fourth-order valence-electron chi connectivity index (χ4n) is 3.13. The van der Waals surface area contributed by atoms with Crippen LogP contribution in [0.15, 0.2) is 53.4 Å². The Morgan fingerprint density at radius 1 is 1.03 bits per heavy atom. The van der Waals surface area contributed by atoms with Gasteiger partial charge in [-0.1, -0.05) is 44.2 Å². The van der Waals surface area contributed by atoms with Crippen LogP contribution in [0.3, 0.4) is 0 Å². The van der Waals surface area contributed by atoms with Gasteiger partial charge in [-0.25, -0.2) is 13.2 Å². The molecule has 2 aromatic rings. The molecule has 1 amide bonds. The van der Waals surface area contributed by atoms with Crippen molar-refractivity contribution in [2.75, 3.05) is 18.4 Å². The molecule has 7 nitrogen and oxygen atoms in total. The number of amides is 1. The number of ether oxygens (including phenoxy) is 1. The minimum atomic E-state index is -3.53. The van der Waals surface area contributed by atoms with Crippen LogP contribution in [0.4, 0.5) is 5.69 Å². The smallest absolute Gasteiger partial charge is 0.331 e. The minimum absolute atomic E-state index is 0.192. The first kappa shape index (κ1) is 25.3. The maximum absolute atomic E-state index is 12.5. The number of benzene rings is 2. The van der Waals surface area contributed by atoms with Gasteiger partial charge in [0.2, 0.25) is 10.0 Å². The Bertz CT molecular complexity index is 1070. The molecule has 8 heteroatoms. The predicted octanol–water partition coefficient (Wildman–Crippen LogP) is 3.92. The van der Waals surface area contributed by atoms with Crippen molar-refractivity contribution in [1.29, 1.82) is 0 Å². The molecule has 0 bridgehead atoms. The molecule has 172 valence electrons. The lowest BCUT2D eigenvalue weighted by Crippen LogP contribution is -2.30. The van der Waals surface area contributed by atoms with E-state index in [-0.39, 0.29) is 4.90 Å². The van der Waals surface area contributed by atoms with Crippen molar-refractivity contribution in [3.8, 4) is 0 Å². The van der Waals surface area contributed by atoms with Crippen molar-refractivity contribution in [2.45, 2.75) is 45.6 Å². The van der Waals surface area contributed by atoms with Crippen molar-refractivity contribution >= 4 is 33.7 Å². The Labute approximate surface area is 190 Å². The number of rotatable bonds is 9. The first-order chi connectivity index (χ1) is 15.1. The second kappa shape index (κ2) is 11.1. The lowest BCUT2D eigenvalue weighted by Gasteiger charge is -2.18. The molecule has 0 fully saturated rings. The number of sulfonamides is 1. The number of carbonyl (C=O) groups is 2. The monoisotopic (exact) mass is 458 g/mol. The molecule has 32 heavy (non-hydrogen) atoms. The Hall–Kier alpha value is -2.97. The third-order valence-corrected chi connectivity index (χ3v) is 7.09. The number of esters is 1. The summed E-state index contributed by atoms with van der Waals surface area (Å²) in [6, 6.07) is 11.9. The molecule has 0 saturated carbocycles. The van der Waals surface area contributed by atoms with E-state index in [0.29, 0.717) is 24.3 Å². The first-order valence-corrected chi connectivity index (χ1v) is 11.9. The zero-order chi connectivity index (χ0) is 23.9. The summed E-state index contributed by atoms with van der Waals surface area (Å²) in [5.41, 5.74) is 3.18. The summed E-state index contributed by atoms with van der Waals surface area (Å²) >= 11 is 0. The van der Waals surface area contributed by atoms with Crippen LogP contribution in [0.25, 0.3) is 6.08 Å². The summed E-state index contributed by atoms with van der Waals surface area (Å²) in [6.45, 7) is 9.63. The molecule has 0 aliphatic rings. The fourth-order valence-corrected chi connectivity index (χ4v) is 4.59. The molecular formula is C24H30N2O5S. The van der Waals surface area contributed by atoms with Crippen LogP contribution in [0.5, 0.6) is 0 Å². The van der Waals surface area contributed by atoms with Gasteiger partial charge in [-0.15, -0.1) is 0 Å². The van der Waals surface area contributed by atoms with Gasteiger partial charge < -0.3 is 10.1 Å². The van der Waals surface area contributed by atoms with E-state index in [4.69, 9.17) is 4.74 Å². The Kier molecular flexibility index (Phi) is 8.74. The average Bonchev–Trinajstić information content (AvgIpc) is 2.75. The normalized spacial score (nSPS) is 12.7. The van der Waals surface area contributed by atoms with Crippen molar-refractivity contribution in [3.05, 3.63) is 65.2 Å². The third-order valence-electron chi connectivity index (χ3n) is 5.03. The number of anilines is 1. The standard InChI is InChI=1S/C24H30N2O5S/c1-6-26(7-2)32(29,30)21-14-11-20(12-15-21)13-16-22(27)31-19(5)24(28)25-23-17(3)9-8-10-18(23)4/h8-16,19H,6-7H2,1-5H3,(H,25,28)/b16-13+. The van der Waals surface area contributed by atoms with Crippen molar-refractivity contribution in [3.63, 3.8) is 0 Å². The fraction of sp³-hybridized carbons (Fsp3) is 0.333. The lowest BCUT2D eigenvalue weighted by molar-refractivity contribution is -0.148. The lowest BCUT2D eigenvalue weighted by atomic mass is 10.1. The second-order valence-corrected chi connectivity index (χ2v) is 9.26. The summed E-state index contributed by atoms with van der Waals surface area (Å²) in [6.07, 6.45) is 1.73. The zero-order valence-electron chi connectivity index (χ0n) is 19.1. The summed E-state index contributed by atoms with van der Waals surface area (Å²) in [5.74, 6) is -1.09. The highest BCUT2D eigenvalue weighted by atomic mass is 32.2. The van der Waals surface area contributed by atoms with Gasteiger partial charge in [-0.05, 0) is 55.7 Å². The maximum Gasteiger partial charge on any atom is 0.331 e. The largest absolute Gasteiger partial charge is 0.449 e. The van der Waals surface area contributed by atoms with E-state index in [1.165, 1.54) is 35.5 Å². The number of aryl methyl sites for hydroxylation is 2. The number of nitrogens with one attached hydrogen (secondary N) is 1. The van der Waals surface area contributed by atoms with Gasteiger partial charge in [0.25, 0.3) is 5.91 Å². The SMILES string of the molecule is CCN(CC)S(=O)(=O)c1ccc(/C=C/C(=O)OC(C)C(=O)Nc2c(C)cccc2C)cc1. The van der Waals surface area contributed by atoms with E-state index in [1.54, 1.807) is 26.0 Å². The van der Waals surface area contributed by atoms with E-state index in [2.05, 4.69) is 5.32 Å². The maximum atomic E-state index is 12.5. The molecule has 0 radical (unpaired) electrons. The predicted molar refractivity (Wildman–Crippen MR) is 126 cm³/mol. The van der Waals surface area contributed by atoms with E-state index < -0.39 is 28.0 Å². The minimum Gasteiger partial charge on any atom is -0.449 e. The molecule has 0 spiro atoms. The number of carbonyl (C=O) groups excluding carboxylic acids is 2. The van der Waals surface area contributed by atoms with Crippen LogP contribution < -0.4 is 5.32 Å². The quantitative estimate of drug-likeness (QED) is 0.454. The summed E-state index contributed by atoms with van der Waals surface area (Å²) in [4.78, 5) is 24.7. The van der Waals surface area contributed by atoms with Crippen LogP contribution >= 0.6 is 0 Å². The van der Waals surface area contributed by atoms with Crippen molar-refractivity contribution in [1.82, 2.24) is 4.31 Å². The molecule has 0 heterocycles. The van der Waals surface area contributed by atoms with Gasteiger partial charge in [0.15, 0.2) is 6.10 Å². The molecule has 0 aromatic heterocycles. The zero-order valence-corrected chi connectivity index (χ0v) is 19.9. The molecule has 0 saturated heterocycles. The van der Waals surface area contributed by atoms with E-state index in [0.717, 1.165) is 11.1 Å². The summed E-state index contributed by atoms with van der Waals surface area (Å²) in [5, 5.41) is 2.80. The molecule has 0 aliphatic heterocycles. The Morgan fingerprint density at radius 3 is 2.12 bits per heavy atom. The molecule has 2 rings (SSSR count). The van der Waals surface area contributed by atoms with E-state index in [9.17, 15) is 18.0 Å². The van der Waals surface area contributed by atoms with Gasteiger partial charge in [-0.3, -0.25) is 4.79 Å². The van der Waals surface area contributed by atoms with Crippen LogP contribution in [-0.2, 0) is 24.3 Å². The summed E-state index contributed by atoms with van der Waals surface area (Å²) < 4.78 is 31.6. The van der Waals surface area contributed by atoms with Crippen LogP contribution in [0.2, 0.25) is 0 Å². The molecule has 1 unspecified atom stereocenters. The van der Waals surface area contributed by atoms with E-state index >= 15 is 0 Å². The summed E-state index contributed by atoms with van der Waals surface area (Å²) in [7, 11) is -3.53. The molecule has 1 N–H and O–H groups in total. The molecule has 1 atom stereocenters. The van der Waals surface area contributed by atoms with Gasteiger partial charge in [0.1, 0.15) is 0 Å². The van der Waals surface area contributed by atoms with Gasteiger partial charge in [0, 0.05) is 24.9 Å². The number of para-hydroxylation sites is 1. The highest BCUT2D eigenvalue weighted by Gasteiger charge is 2.21. The number of nitrogens with zero attached hydrogens (tertiary/aromatic N) is 1. The van der Waals surface area contributed by atoms with Crippen molar-refractivity contribution < 1.29 is 22.7 Å². The first-order valence-electron chi connectivity index (χ1n) is 10.5. The van der Waals surface area contributed by atoms with Gasteiger partial charge in [0.05, 0.1) is 4.90 Å². The van der Waals surface area contributed by atoms with Crippen molar-refractivity contribution in [2.24, 2.45) is 0 Å². The average molecular weight is 459 g/mol. The number of hydrogen-bond donors (Lipinski definition) is 1.